The van der Waals surface area contributed by atoms with E-state index in [0.717, 1.165) is 13.0 Å². The van der Waals surface area contributed by atoms with Crippen LogP contribution < -0.4 is 21.3 Å². The lowest BCUT2D eigenvalue weighted by atomic mass is 10.3. The number of ether oxygens (including phenoxy) is 1. The van der Waals surface area contributed by atoms with Crippen molar-refractivity contribution in [3.63, 3.8) is 0 Å². The number of likely N-dealkylation sites (tertiary alicyclic amines) is 1. The molecule has 0 spiro atoms. The molecule has 4 N–H and O–H groups in total. The standard InChI is InChI=1S/C13H25N7O/c1-3-8-21-13-17-11(16-12(18-13)19-14)15-10(2)9-20-6-4-5-7-20/h10H,3-9,14H2,1-2H3,(H2,15,16,17,18,19). The summed E-state index contributed by atoms with van der Waals surface area (Å²) in [6, 6.07) is 0.533. The van der Waals surface area contributed by atoms with Crippen molar-refractivity contribution in [1.82, 2.24) is 19.9 Å². The lowest BCUT2D eigenvalue weighted by Gasteiger charge is -2.21. The summed E-state index contributed by atoms with van der Waals surface area (Å²) in [7, 11) is 0. The molecule has 2 rings (SSSR count). The van der Waals surface area contributed by atoms with Gasteiger partial charge in [-0.3, -0.25) is 5.43 Å². The van der Waals surface area contributed by atoms with E-state index in [4.69, 9.17) is 10.6 Å². The highest BCUT2D eigenvalue weighted by molar-refractivity contribution is 5.35. The summed E-state index contributed by atoms with van der Waals surface area (Å²) in [5.74, 6) is 6.17. The summed E-state index contributed by atoms with van der Waals surface area (Å²) >= 11 is 0. The van der Waals surface area contributed by atoms with Crippen LogP contribution in [0.5, 0.6) is 6.01 Å². The molecule has 0 radical (unpaired) electrons. The normalized spacial score (nSPS) is 16.7. The monoisotopic (exact) mass is 295 g/mol. The first kappa shape index (κ1) is 15.7. The molecule has 1 saturated heterocycles. The fourth-order valence-electron chi connectivity index (χ4n) is 2.36. The van der Waals surface area contributed by atoms with Gasteiger partial charge in [-0.2, -0.15) is 15.0 Å². The molecule has 1 atom stereocenters. The fourth-order valence-corrected chi connectivity index (χ4v) is 2.36. The molecular formula is C13H25N7O. The maximum atomic E-state index is 5.45. The average Bonchev–Trinajstić information content (AvgIpc) is 2.97. The molecule has 2 heterocycles. The van der Waals surface area contributed by atoms with E-state index < -0.39 is 0 Å². The van der Waals surface area contributed by atoms with Crippen LogP contribution in [0.4, 0.5) is 11.9 Å². The number of hydrogen-bond acceptors (Lipinski definition) is 8. The molecule has 1 aromatic rings. The van der Waals surface area contributed by atoms with Gasteiger partial charge in [0.1, 0.15) is 0 Å². The number of aromatic nitrogens is 3. The van der Waals surface area contributed by atoms with E-state index in [1.54, 1.807) is 0 Å². The van der Waals surface area contributed by atoms with Crippen molar-refractivity contribution in [1.29, 1.82) is 0 Å². The third-order valence-electron chi connectivity index (χ3n) is 3.29. The van der Waals surface area contributed by atoms with Crippen molar-refractivity contribution >= 4 is 11.9 Å². The number of nitrogen functional groups attached to an aromatic ring is 1. The SMILES string of the molecule is CCCOc1nc(NN)nc(NC(C)CN2CCCC2)n1. The van der Waals surface area contributed by atoms with Crippen LogP contribution in [0.2, 0.25) is 0 Å². The van der Waals surface area contributed by atoms with Crippen LogP contribution in [0, 0.1) is 0 Å². The molecule has 1 aliphatic heterocycles. The number of nitrogens with two attached hydrogens (primary N) is 1. The van der Waals surface area contributed by atoms with Crippen molar-refractivity contribution in [2.75, 3.05) is 37.0 Å². The first-order chi connectivity index (χ1) is 10.2. The van der Waals surface area contributed by atoms with Gasteiger partial charge in [-0.05, 0) is 39.3 Å². The van der Waals surface area contributed by atoms with Gasteiger partial charge in [0.05, 0.1) is 6.61 Å². The number of nitrogens with zero attached hydrogens (tertiary/aromatic N) is 4. The highest BCUT2D eigenvalue weighted by Crippen LogP contribution is 2.13. The van der Waals surface area contributed by atoms with Gasteiger partial charge in [0.25, 0.3) is 0 Å². The summed E-state index contributed by atoms with van der Waals surface area (Å²) < 4.78 is 5.45. The maximum absolute atomic E-state index is 5.45. The molecule has 1 fully saturated rings. The number of hydrogen-bond donors (Lipinski definition) is 3. The van der Waals surface area contributed by atoms with E-state index in [0.29, 0.717) is 18.5 Å². The van der Waals surface area contributed by atoms with Crippen LogP contribution >= 0.6 is 0 Å². The quantitative estimate of drug-likeness (QED) is 0.479. The van der Waals surface area contributed by atoms with Gasteiger partial charge in [0, 0.05) is 12.6 Å². The van der Waals surface area contributed by atoms with Crippen molar-refractivity contribution < 1.29 is 4.74 Å². The van der Waals surface area contributed by atoms with Gasteiger partial charge in [-0.1, -0.05) is 6.92 Å². The van der Waals surface area contributed by atoms with Crippen molar-refractivity contribution in [2.24, 2.45) is 5.84 Å². The minimum Gasteiger partial charge on any atom is -0.463 e. The van der Waals surface area contributed by atoms with Crippen LogP contribution in [0.25, 0.3) is 0 Å². The largest absolute Gasteiger partial charge is 0.463 e. The van der Waals surface area contributed by atoms with Crippen LogP contribution in [0.1, 0.15) is 33.1 Å². The van der Waals surface area contributed by atoms with E-state index in [9.17, 15) is 0 Å². The van der Waals surface area contributed by atoms with Crippen LogP contribution in [0.15, 0.2) is 0 Å². The Morgan fingerprint density at radius 1 is 1.24 bits per heavy atom. The molecule has 1 aromatic heterocycles. The lowest BCUT2D eigenvalue weighted by molar-refractivity contribution is 0.292. The minimum atomic E-state index is 0.246. The Morgan fingerprint density at radius 3 is 2.62 bits per heavy atom. The zero-order chi connectivity index (χ0) is 15.1. The molecule has 21 heavy (non-hydrogen) atoms. The predicted octanol–water partition coefficient (Wildman–Crippen LogP) is 0.842. The third kappa shape index (κ3) is 4.98. The summed E-state index contributed by atoms with van der Waals surface area (Å²) in [6.45, 7) is 8.02. The van der Waals surface area contributed by atoms with Crippen molar-refractivity contribution in [3.05, 3.63) is 0 Å². The van der Waals surface area contributed by atoms with Crippen molar-refractivity contribution in [2.45, 2.75) is 39.2 Å². The van der Waals surface area contributed by atoms with E-state index in [1.165, 1.54) is 25.9 Å². The Labute approximate surface area is 125 Å². The number of anilines is 2. The molecular weight excluding hydrogens is 270 g/mol. The van der Waals surface area contributed by atoms with E-state index in [-0.39, 0.29) is 12.1 Å². The molecule has 118 valence electrons. The molecule has 1 unspecified atom stereocenters. The van der Waals surface area contributed by atoms with Gasteiger partial charge in [0.15, 0.2) is 0 Å². The molecule has 1 aliphatic rings. The van der Waals surface area contributed by atoms with Crippen LogP contribution in [-0.4, -0.2) is 52.1 Å². The zero-order valence-electron chi connectivity index (χ0n) is 12.8. The third-order valence-corrected chi connectivity index (χ3v) is 3.29. The number of rotatable bonds is 8. The van der Waals surface area contributed by atoms with E-state index >= 15 is 0 Å². The predicted molar refractivity (Wildman–Crippen MR) is 82.2 cm³/mol. The Hall–Kier alpha value is -1.67. The first-order valence-electron chi connectivity index (χ1n) is 7.55. The molecule has 8 heteroatoms. The second-order valence-electron chi connectivity index (χ2n) is 5.31. The molecule has 0 amide bonds. The Balaban J connectivity index is 1.96. The van der Waals surface area contributed by atoms with Gasteiger partial charge in [0.2, 0.25) is 11.9 Å². The molecule has 0 aliphatic carbocycles. The summed E-state index contributed by atoms with van der Waals surface area (Å²) in [4.78, 5) is 15.0. The second kappa shape index (κ2) is 7.94. The second-order valence-corrected chi connectivity index (χ2v) is 5.31. The summed E-state index contributed by atoms with van der Waals surface area (Å²) in [5, 5.41) is 3.28. The van der Waals surface area contributed by atoms with Gasteiger partial charge in [-0.25, -0.2) is 5.84 Å². The van der Waals surface area contributed by atoms with Gasteiger partial charge >= 0.3 is 6.01 Å². The average molecular weight is 295 g/mol. The van der Waals surface area contributed by atoms with Gasteiger partial charge < -0.3 is 15.0 Å². The maximum Gasteiger partial charge on any atom is 0.323 e. The molecule has 0 saturated carbocycles. The molecule has 0 aromatic carbocycles. The van der Waals surface area contributed by atoms with Gasteiger partial charge in [-0.15, -0.1) is 0 Å². The molecule has 8 nitrogen and oxygen atoms in total. The summed E-state index contributed by atoms with van der Waals surface area (Å²) in [6.07, 6.45) is 3.47. The summed E-state index contributed by atoms with van der Waals surface area (Å²) in [5.41, 5.74) is 2.44. The number of nitrogens with one attached hydrogen (secondary N) is 2. The number of hydrazine groups is 1. The highest BCUT2D eigenvalue weighted by atomic mass is 16.5. The van der Waals surface area contributed by atoms with Crippen LogP contribution in [-0.2, 0) is 0 Å². The van der Waals surface area contributed by atoms with Crippen molar-refractivity contribution in [3.8, 4) is 6.01 Å². The Morgan fingerprint density at radius 2 is 1.95 bits per heavy atom. The zero-order valence-corrected chi connectivity index (χ0v) is 12.8. The Bertz CT molecular complexity index is 437. The molecule has 0 bridgehead atoms. The highest BCUT2D eigenvalue weighted by Gasteiger charge is 2.16. The van der Waals surface area contributed by atoms with E-state index in [2.05, 4.69) is 37.5 Å². The Kier molecular flexibility index (Phi) is 5.94. The smallest absolute Gasteiger partial charge is 0.323 e. The first-order valence-corrected chi connectivity index (χ1v) is 7.55. The lowest BCUT2D eigenvalue weighted by Crippen LogP contribution is -2.33. The topological polar surface area (TPSA) is 101 Å². The van der Waals surface area contributed by atoms with E-state index in [1.807, 2.05) is 6.92 Å². The fraction of sp³-hybridized carbons (Fsp3) is 0.769. The minimum absolute atomic E-state index is 0.246. The van der Waals surface area contributed by atoms with Crippen LogP contribution in [0.3, 0.4) is 0 Å².